The molecule has 0 spiro atoms. The first kappa shape index (κ1) is 27.3. The number of likely N-dealkylation sites (tertiary alicyclic amines) is 1. The van der Waals surface area contributed by atoms with Gasteiger partial charge >= 0.3 is 24.4 Å². The number of carbonyl (C=O) groups excluding carboxylic acids is 2. The minimum absolute atomic E-state index is 0.0467. The first-order valence-electron chi connectivity index (χ1n) is 10.7. The molecule has 1 saturated heterocycles. The van der Waals surface area contributed by atoms with Crippen molar-refractivity contribution in [3.05, 3.63) is 70.5 Å². The zero-order valence-corrected chi connectivity index (χ0v) is 19.3. The molecule has 2 atom stereocenters. The molecule has 196 valence electrons. The number of ether oxygens (including phenoxy) is 2. The molecule has 0 unspecified atom stereocenters. The first-order valence-corrected chi connectivity index (χ1v) is 10.7. The van der Waals surface area contributed by atoms with Gasteiger partial charge in [0, 0.05) is 12.5 Å². The van der Waals surface area contributed by atoms with Gasteiger partial charge in [-0.15, -0.1) is 0 Å². The predicted molar refractivity (Wildman–Crippen MR) is 113 cm³/mol. The number of halogens is 7. The molecule has 0 bridgehead atoms. The second-order valence-electron chi connectivity index (χ2n) is 9.28. The van der Waals surface area contributed by atoms with Crippen LogP contribution in [0.2, 0.25) is 0 Å². The number of nitrogens with zero attached hydrogens (tertiary/aromatic N) is 1. The van der Waals surface area contributed by atoms with Gasteiger partial charge in [0.05, 0.1) is 23.2 Å². The number of carbonyl (C=O) groups is 2. The Kier molecular flexibility index (Phi) is 7.29. The van der Waals surface area contributed by atoms with Gasteiger partial charge in [-0.2, -0.15) is 26.3 Å². The fourth-order valence-corrected chi connectivity index (χ4v) is 3.68. The van der Waals surface area contributed by atoms with Gasteiger partial charge in [0.1, 0.15) is 17.5 Å². The van der Waals surface area contributed by atoms with E-state index in [1.54, 1.807) is 20.8 Å². The van der Waals surface area contributed by atoms with Gasteiger partial charge in [-0.3, -0.25) is 0 Å². The molecule has 0 saturated carbocycles. The molecule has 0 aromatic heterocycles. The fraction of sp³-hybridized carbons (Fsp3) is 0.417. The summed E-state index contributed by atoms with van der Waals surface area (Å²) in [5.74, 6) is -2.73. The number of hydrogen-bond acceptors (Lipinski definition) is 4. The highest BCUT2D eigenvalue weighted by molar-refractivity contribution is 5.90. The second kappa shape index (κ2) is 9.62. The maximum Gasteiger partial charge on any atom is 0.416 e. The van der Waals surface area contributed by atoms with Crippen molar-refractivity contribution in [2.45, 2.75) is 50.7 Å². The van der Waals surface area contributed by atoms with Crippen LogP contribution in [-0.4, -0.2) is 41.8 Å². The summed E-state index contributed by atoms with van der Waals surface area (Å²) in [7, 11) is 0. The molecular formula is C24H22F7NO4. The molecule has 0 N–H and O–H groups in total. The van der Waals surface area contributed by atoms with Crippen molar-refractivity contribution >= 4 is 12.1 Å². The molecule has 1 heterocycles. The van der Waals surface area contributed by atoms with Crippen LogP contribution in [0.1, 0.15) is 53.7 Å². The molecule has 1 aliphatic rings. The number of rotatable bonds is 3. The van der Waals surface area contributed by atoms with E-state index in [1.165, 1.54) is 17.0 Å². The monoisotopic (exact) mass is 521 g/mol. The van der Waals surface area contributed by atoms with Crippen LogP contribution in [-0.2, 0) is 21.8 Å². The maximum atomic E-state index is 13.4. The summed E-state index contributed by atoms with van der Waals surface area (Å²) < 4.78 is 103. The molecule has 0 aliphatic carbocycles. The smallest absolute Gasteiger partial charge is 0.416 e. The average molecular weight is 521 g/mol. The lowest BCUT2D eigenvalue weighted by Crippen LogP contribution is -2.36. The summed E-state index contributed by atoms with van der Waals surface area (Å²) in [5.41, 5.74) is -4.70. The van der Waals surface area contributed by atoms with Gasteiger partial charge in [-0.05, 0) is 56.7 Å². The third-order valence-electron chi connectivity index (χ3n) is 5.30. The van der Waals surface area contributed by atoms with Crippen LogP contribution in [0.4, 0.5) is 35.5 Å². The summed E-state index contributed by atoms with van der Waals surface area (Å²) in [6.07, 6.45) is -12.2. The highest BCUT2D eigenvalue weighted by Gasteiger charge is 2.42. The number of benzene rings is 2. The second-order valence-corrected chi connectivity index (χ2v) is 9.28. The van der Waals surface area contributed by atoms with Gasteiger partial charge in [0.15, 0.2) is 0 Å². The van der Waals surface area contributed by atoms with Crippen molar-refractivity contribution < 1.29 is 49.8 Å². The number of alkyl halides is 6. The van der Waals surface area contributed by atoms with E-state index in [1.807, 2.05) is 0 Å². The van der Waals surface area contributed by atoms with Crippen LogP contribution >= 0.6 is 0 Å². The lowest BCUT2D eigenvalue weighted by atomic mass is 9.96. The zero-order valence-electron chi connectivity index (χ0n) is 19.3. The first-order chi connectivity index (χ1) is 16.4. The van der Waals surface area contributed by atoms with E-state index in [2.05, 4.69) is 0 Å². The molecule has 3 rings (SSSR count). The van der Waals surface area contributed by atoms with Crippen LogP contribution in [0.25, 0.3) is 0 Å². The average Bonchev–Trinajstić information content (AvgIpc) is 3.15. The summed E-state index contributed by atoms with van der Waals surface area (Å²) in [4.78, 5) is 26.5. The lowest BCUT2D eigenvalue weighted by Gasteiger charge is -2.24. The molecule has 2 aromatic rings. The number of hydrogen-bond donors (Lipinski definition) is 0. The molecule has 1 fully saturated rings. The molecule has 1 aliphatic heterocycles. The third-order valence-corrected chi connectivity index (χ3v) is 5.30. The summed E-state index contributed by atoms with van der Waals surface area (Å²) in [6.45, 7) is 4.59. The van der Waals surface area contributed by atoms with Gasteiger partial charge in [0.25, 0.3) is 0 Å². The van der Waals surface area contributed by atoms with Gasteiger partial charge in [-0.1, -0.05) is 12.1 Å². The van der Waals surface area contributed by atoms with Crippen molar-refractivity contribution in [1.82, 2.24) is 4.90 Å². The topological polar surface area (TPSA) is 55.8 Å². The van der Waals surface area contributed by atoms with Crippen molar-refractivity contribution in [3.8, 4) is 0 Å². The van der Waals surface area contributed by atoms with Gasteiger partial charge in [0.2, 0.25) is 0 Å². The number of esters is 1. The van der Waals surface area contributed by atoms with Gasteiger partial charge in [-0.25, -0.2) is 14.0 Å². The minimum atomic E-state index is -5.15. The Morgan fingerprint density at radius 3 is 1.86 bits per heavy atom. The Balaban J connectivity index is 1.93. The molecule has 1 amide bonds. The molecule has 5 nitrogen and oxygen atoms in total. The Morgan fingerprint density at radius 1 is 0.861 bits per heavy atom. The van der Waals surface area contributed by atoms with E-state index < -0.39 is 64.5 Å². The molecule has 0 radical (unpaired) electrons. The predicted octanol–water partition coefficient (Wildman–Crippen LogP) is 6.42. The third kappa shape index (κ3) is 6.67. The van der Waals surface area contributed by atoms with Crippen molar-refractivity contribution in [2.24, 2.45) is 0 Å². The maximum absolute atomic E-state index is 13.4. The van der Waals surface area contributed by atoms with Crippen LogP contribution in [0.5, 0.6) is 0 Å². The van der Waals surface area contributed by atoms with Crippen LogP contribution in [0, 0.1) is 5.82 Å². The Morgan fingerprint density at radius 2 is 1.39 bits per heavy atom. The Bertz CT molecular complexity index is 1090. The van der Waals surface area contributed by atoms with E-state index >= 15 is 0 Å². The van der Waals surface area contributed by atoms with E-state index in [-0.39, 0.29) is 31.3 Å². The Labute approximate surface area is 201 Å². The minimum Gasteiger partial charge on any atom is -0.456 e. The molecular weight excluding hydrogens is 499 g/mol. The van der Waals surface area contributed by atoms with Crippen molar-refractivity contribution in [3.63, 3.8) is 0 Å². The van der Waals surface area contributed by atoms with Gasteiger partial charge < -0.3 is 14.4 Å². The van der Waals surface area contributed by atoms with Crippen LogP contribution < -0.4 is 0 Å². The van der Waals surface area contributed by atoms with Crippen molar-refractivity contribution in [1.29, 1.82) is 0 Å². The van der Waals surface area contributed by atoms with E-state index in [0.29, 0.717) is 5.56 Å². The Hall–Kier alpha value is -3.31. The standard InChI is InChI=1S/C24H22F7NO4/c1-22(2,3)36-21(34)32-11-18(13-4-6-17(25)7-5-13)19(12-32)35-20(33)14-8-15(23(26,27)28)10-16(9-14)24(29,30)31/h4-10,18-19H,11-12H2,1-3H3/t18-,19-/m0/s1. The van der Waals surface area contributed by atoms with E-state index in [4.69, 9.17) is 9.47 Å². The molecule has 2 aromatic carbocycles. The summed E-state index contributed by atoms with van der Waals surface area (Å²) in [6, 6.07) is 5.46. The highest BCUT2D eigenvalue weighted by atomic mass is 19.4. The van der Waals surface area contributed by atoms with E-state index in [9.17, 15) is 40.3 Å². The number of amides is 1. The SMILES string of the molecule is CC(C)(C)OC(=O)N1C[C@H](OC(=O)c2cc(C(F)(F)F)cc(C(F)(F)F)c2)[C@H](c2ccc(F)cc2)C1. The highest BCUT2D eigenvalue weighted by Crippen LogP contribution is 2.37. The summed E-state index contributed by atoms with van der Waals surface area (Å²) in [5, 5.41) is 0. The quantitative estimate of drug-likeness (QED) is 0.346. The lowest BCUT2D eigenvalue weighted by molar-refractivity contribution is -0.143. The van der Waals surface area contributed by atoms with E-state index in [0.717, 1.165) is 12.1 Å². The summed E-state index contributed by atoms with van der Waals surface area (Å²) >= 11 is 0. The van der Waals surface area contributed by atoms with Crippen LogP contribution in [0.3, 0.4) is 0 Å². The fourth-order valence-electron chi connectivity index (χ4n) is 3.68. The normalized spacial score (nSPS) is 18.8. The van der Waals surface area contributed by atoms with Crippen molar-refractivity contribution in [2.75, 3.05) is 13.1 Å². The van der Waals surface area contributed by atoms with Crippen LogP contribution in [0.15, 0.2) is 42.5 Å². The molecule has 36 heavy (non-hydrogen) atoms. The molecule has 12 heteroatoms. The zero-order chi connectivity index (χ0) is 27.1. The largest absolute Gasteiger partial charge is 0.456 e.